The molecule has 3 aromatic heterocycles. The number of aromatic nitrogens is 4. The normalized spacial score (nSPS) is 16.3. The third kappa shape index (κ3) is 3.07. The van der Waals surface area contributed by atoms with Crippen LogP contribution in [-0.4, -0.2) is 48.5 Å². The lowest BCUT2D eigenvalue weighted by molar-refractivity contribution is -0.149. The maximum Gasteiger partial charge on any atom is 0.329 e. The molecule has 1 aliphatic heterocycles. The van der Waals surface area contributed by atoms with Gasteiger partial charge in [0.2, 0.25) is 5.78 Å². The van der Waals surface area contributed by atoms with Crippen molar-refractivity contribution in [3.05, 3.63) is 64.6 Å². The van der Waals surface area contributed by atoms with E-state index in [0.717, 1.165) is 0 Å². The fourth-order valence-corrected chi connectivity index (χ4v) is 4.01. The SMILES string of the molecule is Cn1c(=O)c2ccccc2n2c(COC(=O)[C@@H]3CCCN3C(=O)c3ccco3)nnc12. The van der Waals surface area contributed by atoms with Crippen LogP contribution in [0.3, 0.4) is 0 Å². The van der Waals surface area contributed by atoms with Gasteiger partial charge in [-0.25, -0.2) is 4.79 Å². The maximum atomic E-state index is 12.8. The van der Waals surface area contributed by atoms with Gasteiger partial charge < -0.3 is 14.1 Å². The van der Waals surface area contributed by atoms with Gasteiger partial charge in [-0.3, -0.25) is 18.6 Å². The maximum absolute atomic E-state index is 12.8. The number of carbonyl (C=O) groups is 2. The van der Waals surface area contributed by atoms with Crippen molar-refractivity contribution >= 4 is 28.6 Å². The number of hydrogen-bond acceptors (Lipinski definition) is 7. The number of aryl methyl sites for hydroxylation is 1. The number of hydrogen-bond donors (Lipinski definition) is 0. The molecule has 158 valence electrons. The van der Waals surface area contributed by atoms with Gasteiger partial charge in [0.15, 0.2) is 18.2 Å². The summed E-state index contributed by atoms with van der Waals surface area (Å²) in [6, 6.07) is 9.63. The molecule has 1 aromatic carbocycles. The number of carbonyl (C=O) groups excluding carboxylic acids is 2. The van der Waals surface area contributed by atoms with Crippen LogP contribution in [0.15, 0.2) is 51.9 Å². The van der Waals surface area contributed by atoms with Crippen LogP contribution in [0.4, 0.5) is 0 Å². The zero-order valence-corrected chi connectivity index (χ0v) is 16.7. The lowest BCUT2D eigenvalue weighted by Gasteiger charge is -2.22. The second-order valence-electron chi connectivity index (χ2n) is 7.37. The average molecular weight is 421 g/mol. The van der Waals surface area contributed by atoms with Gasteiger partial charge >= 0.3 is 5.97 Å². The van der Waals surface area contributed by atoms with Gasteiger partial charge in [0.25, 0.3) is 11.5 Å². The zero-order chi connectivity index (χ0) is 21.5. The molecular formula is C21H19N5O5. The summed E-state index contributed by atoms with van der Waals surface area (Å²) in [5.74, 6) is 0.0829. The topological polar surface area (TPSA) is 112 Å². The molecule has 10 heteroatoms. The highest BCUT2D eigenvalue weighted by molar-refractivity contribution is 5.95. The molecule has 0 bridgehead atoms. The van der Waals surface area contributed by atoms with E-state index in [2.05, 4.69) is 10.2 Å². The number of amides is 1. The molecular weight excluding hydrogens is 402 g/mol. The van der Waals surface area contributed by atoms with Crippen LogP contribution in [-0.2, 0) is 23.2 Å². The smallest absolute Gasteiger partial charge is 0.329 e. The molecule has 0 spiro atoms. The largest absolute Gasteiger partial charge is 0.459 e. The molecule has 10 nitrogen and oxygen atoms in total. The molecule has 1 fully saturated rings. The summed E-state index contributed by atoms with van der Waals surface area (Å²) in [7, 11) is 1.62. The molecule has 31 heavy (non-hydrogen) atoms. The molecule has 1 saturated heterocycles. The Labute approximate surface area is 175 Å². The predicted octanol–water partition coefficient (Wildman–Crippen LogP) is 1.52. The number of para-hydroxylation sites is 1. The van der Waals surface area contributed by atoms with E-state index in [0.29, 0.717) is 41.9 Å². The number of esters is 1. The Bertz CT molecular complexity index is 1350. The second-order valence-corrected chi connectivity index (χ2v) is 7.37. The summed E-state index contributed by atoms with van der Waals surface area (Å²) in [6.07, 6.45) is 2.64. The Morgan fingerprint density at radius 3 is 2.84 bits per heavy atom. The minimum absolute atomic E-state index is 0.137. The molecule has 1 amide bonds. The van der Waals surface area contributed by atoms with E-state index in [-0.39, 0.29) is 23.8 Å². The lowest BCUT2D eigenvalue weighted by atomic mass is 10.2. The van der Waals surface area contributed by atoms with E-state index in [9.17, 15) is 14.4 Å². The fourth-order valence-electron chi connectivity index (χ4n) is 4.01. The molecule has 1 aliphatic rings. The highest BCUT2D eigenvalue weighted by atomic mass is 16.5. The van der Waals surface area contributed by atoms with Gasteiger partial charge in [-0.2, -0.15) is 0 Å². The summed E-state index contributed by atoms with van der Waals surface area (Å²) in [6.45, 7) is 0.321. The van der Waals surface area contributed by atoms with Gasteiger partial charge in [-0.05, 0) is 37.1 Å². The van der Waals surface area contributed by atoms with Gasteiger partial charge in [0.1, 0.15) is 6.04 Å². The van der Waals surface area contributed by atoms with Gasteiger partial charge in [0, 0.05) is 13.6 Å². The molecule has 0 aliphatic carbocycles. The van der Waals surface area contributed by atoms with Crippen molar-refractivity contribution < 1.29 is 18.7 Å². The first kappa shape index (κ1) is 19.0. The quantitative estimate of drug-likeness (QED) is 0.459. The minimum Gasteiger partial charge on any atom is -0.459 e. The van der Waals surface area contributed by atoms with Crippen LogP contribution in [0.25, 0.3) is 16.7 Å². The molecule has 0 N–H and O–H groups in total. The number of nitrogens with zero attached hydrogens (tertiary/aromatic N) is 5. The third-order valence-corrected chi connectivity index (χ3v) is 5.55. The van der Waals surface area contributed by atoms with E-state index in [4.69, 9.17) is 9.15 Å². The lowest BCUT2D eigenvalue weighted by Crippen LogP contribution is -2.41. The minimum atomic E-state index is -0.683. The van der Waals surface area contributed by atoms with E-state index >= 15 is 0 Å². The van der Waals surface area contributed by atoms with Crippen LogP contribution in [0, 0.1) is 0 Å². The molecule has 0 radical (unpaired) electrons. The fraction of sp³-hybridized carbons (Fsp3) is 0.286. The van der Waals surface area contributed by atoms with E-state index in [1.165, 1.54) is 15.7 Å². The van der Waals surface area contributed by atoms with Crippen molar-refractivity contribution in [2.24, 2.45) is 7.05 Å². The van der Waals surface area contributed by atoms with Crippen molar-refractivity contribution in [3.8, 4) is 0 Å². The molecule has 0 unspecified atom stereocenters. The van der Waals surface area contributed by atoms with Crippen LogP contribution >= 0.6 is 0 Å². The van der Waals surface area contributed by atoms with Gasteiger partial charge in [0.05, 0.1) is 17.2 Å². The standard InChI is InChI=1S/C21H19N5O5/c1-24-18(27)13-6-2-3-7-14(13)26-17(22-23-21(24)26)12-31-20(29)15-8-4-10-25(15)19(28)16-9-5-11-30-16/h2-3,5-7,9,11,15H,4,8,10,12H2,1H3/t15-/m0/s1. The van der Waals surface area contributed by atoms with Crippen molar-refractivity contribution in [2.45, 2.75) is 25.5 Å². The van der Waals surface area contributed by atoms with Crippen molar-refractivity contribution in [1.29, 1.82) is 0 Å². The predicted molar refractivity (Wildman–Crippen MR) is 108 cm³/mol. The molecule has 1 atom stereocenters. The van der Waals surface area contributed by atoms with E-state index < -0.39 is 12.0 Å². The first-order valence-electron chi connectivity index (χ1n) is 9.89. The number of furan rings is 1. The summed E-state index contributed by atoms with van der Waals surface area (Å²) in [5, 5.41) is 8.72. The average Bonchev–Trinajstić information content (AvgIpc) is 3.55. The summed E-state index contributed by atoms with van der Waals surface area (Å²) in [4.78, 5) is 39.4. The van der Waals surface area contributed by atoms with Crippen molar-refractivity contribution in [1.82, 2.24) is 24.1 Å². The molecule has 4 heterocycles. The van der Waals surface area contributed by atoms with Gasteiger partial charge in [-0.15, -0.1) is 10.2 Å². The van der Waals surface area contributed by atoms with Crippen LogP contribution in [0.1, 0.15) is 29.2 Å². The first-order valence-corrected chi connectivity index (χ1v) is 9.89. The highest BCUT2D eigenvalue weighted by Gasteiger charge is 2.36. The molecule has 0 saturated carbocycles. The van der Waals surface area contributed by atoms with Crippen molar-refractivity contribution in [3.63, 3.8) is 0 Å². The first-order chi connectivity index (χ1) is 15.1. The Morgan fingerprint density at radius 2 is 2.03 bits per heavy atom. The zero-order valence-electron chi connectivity index (χ0n) is 16.7. The van der Waals surface area contributed by atoms with Crippen LogP contribution in [0.5, 0.6) is 0 Å². The Kier molecular flexibility index (Phi) is 4.54. The number of ether oxygens (including phenoxy) is 1. The van der Waals surface area contributed by atoms with Crippen LogP contribution in [0.2, 0.25) is 0 Å². The van der Waals surface area contributed by atoms with Gasteiger partial charge in [-0.1, -0.05) is 12.1 Å². The van der Waals surface area contributed by atoms with E-state index in [1.807, 2.05) is 6.07 Å². The Balaban J connectivity index is 1.41. The summed E-state index contributed by atoms with van der Waals surface area (Å²) in [5.41, 5.74) is 0.448. The van der Waals surface area contributed by atoms with Crippen molar-refractivity contribution in [2.75, 3.05) is 6.54 Å². The van der Waals surface area contributed by atoms with Crippen LogP contribution < -0.4 is 5.56 Å². The highest BCUT2D eigenvalue weighted by Crippen LogP contribution is 2.22. The Hall–Kier alpha value is -3.95. The third-order valence-electron chi connectivity index (χ3n) is 5.55. The number of likely N-dealkylation sites (tertiary alicyclic amines) is 1. The monoisotopic (exact) mass is 421 g/mol. The summed E-state index contributed by atoms with van der Waals surface area (Å²) < 4.78 is 13.8. The molecule has 4 aromatic rings. The number of benzene rings is 1. The Morgan fingerprint density at radius 1 is 1.19 bits per heavy atom. The second kappa shape index (κ2) is 7.38. The molecule has 5 rings (SSSR count). The number of fused-ring (bicyclic) bond motifs is 3. The number of rotatable bonds is 4. The van der Waals surface area contributed by atoms with E-state index in [1.54, 1.807) is 41.8 Å². The summed E-state index contributed by atoms with van der Waals surface area (Å²) >= 11 is 0.